The molecule has 1 aromatic carbocycles. The lowest BCUT2D eigenvalue weighted by atomic mass is 10.0. The maximum atomic E-state index is 5.66. The molecule has 4 rings (SSSR count). The molecule has 0 aliphatic carbocycles. The number of ether oxygens (including phenoxy) is 2. The Morgan fingerprint density at radius 1 is 1.23 bits per heavy atom. The third kappa shape index (κ3) is 4.27. The van der Waals surface area contributed by atoms with Gasteiger partial charge in [0.15, 0.2) is 5.65 Å². The average Bonchev–Trinajstić information content (AvgIpc) is 3.12. The van der Waals surface area contributed by atoms with Gasteiger partial charge < -0.3 is 14.8 Å². The SMILES string of the molecule is CCC(C)(C)Nc1c(-c2ccc(OC)c(CN3CCOCC3)c2)nc2cnccn12. The summed E-state index contributed by atoms with van der Waals surface area (Å²) >= 11 is 0. The van der Waals surface area contributed by atoms with Crippen molar-refractivity contribution in [3.63, 3.8) is 0 Å². The minimum absolute atomic E-state index is 0.0584. The van der Waals surface area contributed by atoms with Gasteiger partial charge in [0.25, 0.3) is 0 Å². The van der Waals surface area contributed by atoms with E-state index < -0.39 is 0 Å². The standard InChI is InChI=1S/C23H31N5O2/c1-5-23(2,3)26-22-21(25-20-15-24-8-9-28(20)22)17-6-7-19(29-4)18(14-17)16-27-10-12-30-13-11-27/h6-9,14-15,26H,5,10-13,16H2,1-4H3. The number of anilines is 1. The highest BCUT2D eigenvalue weighted by Crippen LogP contribution is 2.34. The van der Waals surface area contributed by atoms with Gasteiger partial charge in [0.1, 0.15) is 17.3 Å². The summed E-state index contributed by atoms with van der Waals surface area (Å²) in [6.45, 7) is 10.9. The van der Waals surface area contributed by atoms with E-state index >= 15 is 0 Å². The molecule has 0 amide bonds. The molecule has 3 aromatic rings. The first-order valence-electron chi connectivity index (χ1n) is 10.6. The van der Waals surface area contributed by atoms with E-state index in [1.807, 2.05) is 12.3 Å². The molecule has 160 valence electrons. The number of hydrogen-bond donors (Lipinski definition) is 1. The van der Waals surface area contributed by atoms with Gasteiger partial charge in [-0.05, 0) is 38.5 Å². The molecule has 0 radical (unpaired) electrons. The monoisotopic (exact) mass is 409 g/mol. The van der Waals surface area contributed by atoms with E-state index in [4.69, 9.17) is 14.5 Å². The Balaban J connectivity index is 1.76. The number of imidazole rings is 1. The van der Waals surface area contributed by atoms with Crippen LogP contribution in [0.1, 0.15) is 32.8 Å². The molecule has 0 atom stereocenters. The fraction of sp³-hybridized carbons (Fsp3) is 0.478. The van der Waals surface area contributed by atoms with Crippen molar-refractivity contribution < 1.29 is 9.47 Å². The minimum Gasteiger partial charge on any atom is -0.496 e. The first kappa shape index (κ1) is 20.6. The highest BCUT2D eigenvalue weighted by Gasteiger charge is 2.22. The van der Waals surface area contributed by atoms with Crippen LogP contribution in [0.5, 0.6) is 5.75 Å². The fourth-order valence-electron chi connectivity index (χ4n) is 3.69. The smallest absolute Gasteiger partial charge is 0.157 e. The van der Waals surface area contributed by atoms with Gasteiger partial charge in [-0.25, -0.2) is 4.98 Å². The number of methoxy groups -OCH3 is 1. The van der Waals surface area contributed by atoms with Crippen molar-refractivity contribution in [3.8, 4) is 17.0 Å². The molecule has 1 aliphatic heterocycles. The molecule has 0 bridgehead atoms. The zero-order chi connectivity index (χ0) is 21.1. The van der Waals surface area contributed by atoms with Gasteiger partial charge in [0.2, 0.25) is 0 Å². The van der Waals surface area contributed by atoms with Crippen LogP contribution in [0.15, 0.2) is 36.8 Å². The van der Waals surface area contributed by atoms with Crippen molar-refractivity contribution in [1.82, 2.24) is 19.3 Å². The zero-order valence-electron chi connectivity index (χ0n) is 18.3. The summed E-state index contributed by atoms with van der Waals surface area (Å²) in [7, 11) is 1.73. The highest BCUT2D eigenvalue weighted by molar-refractivity contribution is 5.77. The fourth-order valence-corrected chi connectivity index (χ4v) is 3.69. The lowest BCUT2D eigenvalue weighted by Crippen LogP contribution is -2.35. The predicted octanol–water partition coefficient (Wildman–Crippen LogP) is 3.84. The van der Waals surface area contributed by atoms with Gasteiger partial charge >= 0.3 is 0 Å². The number of morpholine rings is 1. The van der Waals surface area contributed by atoms with Crippen LogP contribution < -0.4 is 10.1 Å². The van der Waals surface area contributed by atoms with Gasteiger partial charge in [-0.1, -0.05) is 6.92 Å². The van der Waals surface area contributed by atoms with Gasteiger partial charge in [-0.2, -0.15) is 0 Å². The van der Waals surface area contributed by atoms with E-state index in [-0.39, 0.29) is 5.54 Å². The summed E-state index contributed by atoms with van der Waals surface area (Å²) in [6, 6.07) is 6.33. The Bertz CT molecular complexity index is 1010. The van der Waals surface area contributed by atoms with Gasteiger partial charge in [-0.3, -0.25) is 14.3 Å². The Kier molecular flexibility index (Phi) is 5.92. The first-order valence-corrected chi connectivity index (χ1v) is 10.6. The number of nitrogens with one attached hydrogen (secondary N) is 1. The molecule has 1 saturated heterocycles. The van der Waals surface area contributed by atoms with E-state index in [2.05, 4.69) is 52.5 Å². The van der Waals surface area contributed by atoms with Crippen LogP contribution in [-0.4, -0.2) is 58.2 Å². The molecule has 0 unspecified atom stereocenters. The summed E-state index contributed by atoms with van der Waals surface area (Å²) in [5.74, 6) is 1.89. The largest absolute Gasteiger partial charge is 0.496 e. The number of fused-ring (bicyclic) bond motifs is 1. The van der Waals surface area contributed by atoms with Crippen LogP contribution in [0.2, 0.25) is 0 Å². The van der Waals surface area contributed by atoms with Crippen molar-refractivity contribution in [3.05, 3.63) is 42.4 Å². The van der Waals surface area contributed by atoms with E-state index in [1.165, 1.54) is 0 Å². The Morgan fingerprint density at radius 2 is 2.03 bits per heavy atom. The van der Waals surface area contributed by atoms with Crippen molar-refractivity contribution in [2.75, 3.05) is 38.7 Å². The molecular weight excluding hydrogens is 378 g/mol. The molecule has 30 heavy (non-hydrogen) atoms. The zero-order valence-corrected chi connectivity index (χ0v) is 18.3. The number of hydrogen-bond acceptors (Lipinski definition) is 6. The molecule has 2 aromatic heterocycles. The first-order chi connectivity index (χ1) is 14.5. The van der Waals surface area contributed by atoms with E-state index in [9.17, 15) is 0 Å². The second-order valence-corrected chi connectivity index (χ2v) is 8.39. The van der Waals surface area contributed by atoms with Crippen molar-refractivity contribution >= 4 is 11.5 Å². The second kappa shape index (κ2) is 8.62. The number of aromatic nitrogens is 3. The minimum atomic E-state index is -0.0584. The van der Waals surface area contributed by atoms with E-state index in [1.54, 1.807) is 19.5 Å². The molecule has 7 heteroatoms. The Labute approximate surface area is 178 Å². The van der Waals surface area contributed by atoms with Crippen LogP contribution in [0.3, 0.4) is 0 Å². The molecular formula is C23H31N5O2. The third-order valence-corrected chi connectivity index (χ3v) is 5.82. The average molecular weight is 410 g/mol. The van der Waals surface area contributed by atoms with Crippen molar-refractivity contribution in [1.29, 1.82) is 0 Å². The normalized spacial score (nSPS) is 15.5. The molecule has 0 saturated carbocycles. The number of rotatable bonds is 7. The van der Waals surface area contributed by atoms with Crippen molar-refractivity contribution in [2.45, 2.75) is 39.3 Å². The molecule has 3 heterocycles. The van der Waals surface area contributed by atoms with Crippen molar-refractivity contribution in [2.24, 2.45) is 0 Å². The molecule has 1 aliphatic rings. The van der Waals surface area contributed by atoms with Gasteiger partial charge in [-0.15, -0.1) is 0 Å². The summed E-state index contributed by atoms with van der Waals surface area (Å²) in [5.41, 5.74) is 3.92. The quantitative estimate of drug-likeness (QED) is 0.640. The van der Waals surface area contributed by atoms with Crippen LogP contribution >= 0.6 is 0 Å². The third-order valence-electron chi connectivity index (χ3n) is 5.82. The van der Waals surface area contributed by atoms with Crippen LogP contribution in [0.25, 0.3) is 16.9 Å². The lowest BCUT2D eigenvalue weighted by Gasteiger charge is -2.27. The Hall–Kier alpha value is -2.64. The number of nitrogens with zero attached hydrogens (tertiary/aromatic N) is 4. The summed E-state index contributed by atoms with van der Waals surface area (Å²) in [6.07, 6.45) is 6.54. The second-order valence-electron chi connectivity index (χ2n) is 8.39. The highest BCUT2D eigenvalue weighted by atomic mass is 16.5. The van der Waals surface area contributed by atoms with Crippen LogP contribution in [0.4, 0.5) is 5.82 Å². The summed E-state index contributed by atoms with van der Waals surface area (Å²) in [4.78, 5) is 11.6. The molecule has 1 fully saturated rings. The van der Waals surface area contributed by atoms with Gasteiger partial charge in [0.05, 0.1) is 26.5 Å². The van der Waals surface area contributed by atoms with Crippen LogP contribution in [0, 0.1) is 0 Å². The maximum absolute atomic E-state index is 5.66. The molecule has 1 N–H and O–H groups in total. The van der Waals surface area contributed by atoms with E-state index in [0.717, 1.165) is 73.3 Å². The number of benzene rings is 1. The molecule has 7 nitrogen and oxygen atoms in total. The molecule has 0 spiro atoms. The lowest BCUT2D eigenvalue weighted by molar-refractivity contribution is 0.0339. The topological polar surface area (TPSA) is 63.9 Å². The maximum Gasteiger partial charge on any atom is 0.157 e. The van der Waals surface area contributed by atoms with Crippen LogP contribution in [-0.2, 0) is 11.3 Å². The summed E-state index contributed by atoms with van der Waals surface area (Å²) < 4.78 is 13.2. The van der Waals surface area contributed by atoms with Gasteiger partial charge in [0, 0.05) is 48.7 Å². The van der Waals surface area contributed by atoms with E-state index in [0.29, 0.717) is 0 Å². The predicted molar refractivity (Wildman–Crippen MR) is 119 cm³/mol. The summed E-state index contributed by atoms with van der Waals surface area (Å²) in [5, 5.41) is 3.70. The Morgan fingerprint density at radius 3 is 2.77 bits per heavy atom.